The Morgan fingerprint density at radius 2 is 2.16 bits per heavy atom. The van der Waals surface area contributed by atoms with E-state index in [0.717, 1.165) is 12.8 Å². The summed E-state index contributed by atoms with van der Waals surface area (Å²) in [5.74, 6) is -0.150. The zero-order valence-corrected chi connectivity index (χ0v) is 13.1. The molecule has 1 aromatic carbocycles. The van der Waals surface area contributed by atoms with Crippen LogP contribution in [-0.2, 0) is 0 Å². The molecule has 1 amide bonds. The lowest BCUT2D eigenvalue weighted by Gasteiger charge is -2.33. The Labute approximate surface area is 126 Å². The van der Waals surface area contributed by atoms with Crippen LogP contribution in [0.15, 0.2) is 22.7 Å². The van der Waals surface area contributed by atoms with E-state index in [2.05, 4.69) is 22.0 Å². The van der Waals surface area contributed by atoms with Crippen molar-refractivity contribution in [3.05, 3.63) is 33.3 Å². The van der Waals surface area contributed by atoms with Gasteiger partial charge in [-0.15, -0.1) is 0 Å². The second-order valence-corrected chi connectivity index (χ2v) is 6.49. The van der Waals surface area contributed by atoms with E-state index >= 15 is 0 Å². The van der Waals surface area contributed by atoms with Gasteiger partial charge in [-0.2, -0.15) is 5.26 Å². The molecule has 1 fully saturated rings. The minimum Gasteiger partial charge on any atom is -0.317 e. The number of rotatable bonds is 3. The van der Waals surface area contributed by atoms with Gasteiger partial charge >= 0.3 is 0 Å². The van der Waals surface area contributed by atoms with Crippen molar-refractivity contribution < 1.29 is 4.79 Å². The standard InChI is InChI=1S/C14H14BrClN2O/c1-14(2,8-17)18(10-4-5-10)13(19)11-7-9(16)3-6-12(11)15/h3,6-7,10H,4-5H2,1-2H3. The quantitative estimate of drug-likeness (QED) is 0.834. The van der Waals surface area contributed by atoms with Crippen molar-refractivity contribution in [3.63, 3.8) is 0 Å². The van der Waals surface area contributed by atoms with Crippen LogP contribution in [0.3, 0.4) is 0 Å². The Balaban J connectivity index is 2.41. The molecule has 1 saturated carbocycles. The molecule has 1 aliphatic rings. The lowest BCUT2D eigenvalue weighted by Crippen LogP contribution is -2.48. The Morgan fingerprint density at radius 1 is 1.53 bits per heavy atom. The number of hydrogen-bond acceptors (Lipinski definition) is 2. The molecule has 3 nitrogen and oxygen atoms in total. The molecule has 1 aliphatic carbocycles. The number of hydrogen-bond donors (Lipinski definition) is 0. The number of carbonyl (C=O) groups is 1. The second-order valence-electron chi connectivity index (χ2n) is 5.20. The van der Waals surface area contributed by atoms with Crippen molar-refractivity contribution in [2.24, 2.45) is 0 Å². The molecule has 0 aromatic heterocycles. The molecule has 1 aromatic rings. The number of nitrogens with zero attached hydrogens (tertiary/aromatic N) is 2. The van der Waals surface area contributed by atoms with Gasteiger partial charge in [0, 0.05) is 15.5 Å². The van der Waals surface area contributed by atoms with Crippen LogP contribution in [0, 0.1) is 11.3 Å². The number of nitriles is 1. The van der Waals surface area contributed by atoms with Gasteiger partial charge in [-0.1, -0.05) is 11.6 Å². The maximum absolute atomic E-state index is 12.7. The fourth-order valence-electron chi connectivity index (χ4n) is 2.05. The molecule has 0 aliphatic heterocycles. The lowest BCUT2D eigenvalue weighted by atomic mass is 10.0. The summed E-state index contributed by atoms with van der Waals surface area (Å²) in [4.78, 5) is 14.4. The maximum atomic E-state index is 12.7. The van der Waals surface area contributed by atoms with Gasteiger partial charge in [-0.25, -0.2) is 0 Å². The number of amides is 1. The van der Waals surface area contributed by atoms with Crippen LogP contribution in [0.5, 0.6) is 0 Å². The molecule has 0 unspecified atom stereocenters. The zero-order valence-electron chi connectivity index (χ0n) is 10.8. The van der Waals surface area contributed by atoms with Crippen LogP contribution >= 0.6 is 27.5 Å². The van der Waals surface area contributed by atoms with Gasteiger partial charge < -0.3 is 4.90 Å². The molecule has 0 N–H and O–H groups in total. The SMILES string of the molecule is CC(C)(C#N)N(C(=O)c1cc(Cl)ccc1Br)C1CC1. The van der Waals surface area contributed by atoms with E-state index in [1.165, 1.54) is 0 Å². The minimum atomic E-state index is -0.819. The van der Waals surface area contributed by atoms with Crippen molar-refractivity contribution in [1.82, 2.24) is 4.90 Å². The van der Waals surface area contributed by atoms with Gasteiger partial charge in [0.15, 0.2) is 0 Å². The number of benzene rings is 1. The van der Waals surface area contributed by atoms with Crippen molar-refractivity contribution in [2.75, 3.05) is 0 Å². The summed E-state index contributed by atoms with van der Waals surface area (Å²) in [5.41, 5.74) is -0.317. The van der Waals surface area contributed by atoms with Gasteiger partial charge in [0.25, 0.3) is 5.91 Å². The molecular formula is C14H14BrClN2O. The first-order chi connectivity index (χ1) is 8.86. The molecule has 0 spiro atoms. The molecule has 19 heavy (non-hydrogen) atoms. The highest BCUT2D eigenvalue weighted by atomic mass is 79.9. The summed E-state index contributed by atoms with van der Waals surface area (Å²) in [6.45, 7) is 3.53. The molecule has 100 valence electrons. The lowest BCUT2D eigenvalue weighted by molar-refractivity contribution is 0.0614. The van der Waals surface area contributed by atoms with Crippen LogP contribution in [0.4, 0.5) is 0 Å². The second kappa shape index (κ2) is 5.15. The topological polar surface area (TPSA) is 44.1 Å². The third-order valence-corrected chi connectivity index (χ3v) is 4.09. The summed E-state index contributed by atoms with van der Waals surface area (Å²) < 4.78 is 0.696. The van der Waals surface area contributed by atoms with Crippen LogP contribution < -0.4 is 0 Å². The van der Waals surface area contributed by atoms with E-state index in [0.29, 0.717) is 15.1 Å². The third-order valence-electron chi connectivity index (χ3n) is 3.17. The molecular weight excluding hydrogens is 328 g/mol. The fraction of sp³-hybridized carbons (Fsp3) is 0.429. The van der Waals surface area contributed by atoms with Crippen molar-refractivity contribution in [2.45, 2.75) is 38.3 Å². The van der Waals surface area contributed by atoms with Crippen LogP contribution in [0.2, 0.25) is 5.02 Å². The molecule has 0 atom stereocenters. The van der Waals surface area contributed by atoms with E-state index in [1.54, 1.807) is 36.9 Å². The van der Waals surface area contributed by atoms with Crippen molar-refractivity contribution >= 4 is 33.4 Å². The monoisotopic (exact) mass is 340 g/mol. The van der Waals surface area contributed by atoms with Gasteiger partial charge in [0.1, 0.15) is 5.54 Å². The molecule has 0 heterocycles. The van der Waals surface area contributed by atoms with Gasteiger partial charge in [0.2, 0.25) is 0 Å². The Bertz CT molecular complexity index is 561. The molecule has 0 saturated heterocycles. The van der Waals surface area contributed by atoms with E-state index in [-0.39, 0.29) is 11.9 Å². The first-order valence-corrected chi connectivity index (χ1v) is 7.24. The first-order valence-electron chi connectivity index (χ1n) is 6.07. The summed E-state index contributed by atoms with van der Waals surface area (Å²) in [7, 11) is 0. The first kappa shape index (κ1) is 14.4. The smallest absolute Gasteiger partial charge is 0.256 e. The summed E-state index contributed by atoms with van der Waals surface area (Å²) >= 11 is 9.32. The highest BCUT2D eigenvalue weighted by molar-refractivity contribution is 9.10. The van der Waals surface area contributed by atoms with Gasteiger partial charge in [-0.05, 0) is 60.8 Å². The Morgan fingerprint density at radius 3 is 2.68 bits per heavy atom. The molecule has 0 radical (unpaired) electrons. The number of carbonyl (C=O) groups excluding carboxylic acids is 1. The predicted octanol–water partition coefficient (Wildman–Crippen LogP) is 4.01. The van der Waals surface area contributed by atoms with Gasteiger partial charge in [-0.3, -0.25) is 4.79 Å². The van der Waals surface area contributed by atoms with Crippen molar-refractivity contribution in [3.8, 4) is 6.07 Å². The predicted molar refractivity (Wildman–Crippen MR) is 78.0 cm³/mol. The van der Waals surface area contributed by atoms with Crippen LogP contribution in [0.1, 0.15) is 37.0 Å². The third kappa shape index (κ3) is 2.93. The highest BCUT2D eigenvalue weighted by Crippen LogP contribution is 2.35. The summed E-state index contributed by atoms with van der Waals surface area (Å²) in [6, 6.07) is 7.47. The van der Waals surface area contributed by atoms with E-state index < -0.39 is 5.54 Å². The summed E-state index contributed by atoms with van der Waals surface area (Å²) in [5, 5.41) is 9.79. The fourth-order valence-corrected chi connectivity index (χ4v) is 2.64. The molecule has 2 rings (SSSR count). The van der Waals surface area contributed by atoms with Gasteiger partial charge in [0.05, 0.1) is 11.6 Å². The Kier molecular flexibility index (Phi) is 3.89. The Hall–Kier alpha value is -1.05. The van der Waals surface area contributed by atoms with E-state index in [9.17, 15) is 10.1 Å². The molecule has 5 heteroatoms. The van der Waals surface area contributed by atoms with E-state index in [4.69, 9.17) is 11.6 Å². The van der Waals surface area contributed by atoms with E-state index in [1.807, 2.05) is 0 Å². The zero-order chi connectivity index (χ0) is 14.2. The summed E-state index contributed by atoms with van der Waals surface area (Å²) in [6.07, 6.45) is 1.91. The average Bonchev–Trinajstić information content (AvgIpc) is 3.16. The largest absolute Gasteiger partial charge is 0.317 e. The average molecular weight is 342 g/mol. The molecule has 0 bridgehead atoms. The minimum absolute atomic E-state index is 0.150. The van der Waals surface area contributed by atoms with Crippen molar-refractivity contribution in [1.29, 1.82) is 5.26 Å². The maximum Gasteiger partial charge on any atom is 0.256 e. The normalized spacial score (nSPS) is 14.9. The van der Waals surface area contributed by atoms with Crippen LogP contribution in [0.25, 0.3) is 0 Å². The number of halogens is 2. The highest BCUT2D eigenvalue weighted by Gasteiger charge is 2.42. The van der Waals surface area contributed by atoms with Crippen LogP contribution in [-0.4, -0.2) is 22.4 Å².